The molecule has 146 valence electrons. The van der Waals surface area contributed by atoms with Crippen LogP contribution in [0, 0.1) is 11.8 Å². The van der Waals surface area contributed by atoms with Gasteiger partial charge in [0, 0.05) is 24.0 Å². The number of rotatable bonds is 5. The molecule has 1 aromatic carbocycles. The van der Waals surface area contributed by atoms with Crippen molar-refractivity contribution >= 4 is 41.5 Å². The van der Waals surface area contributed by atoms with Crippen LogP contribution in [0.4, 0.5) is 5.69 Å². The number of anilines is 1. The van der Waals surface area contributed by atoms with Crippen molar-refractivity contribution in [3.63, 3.8) is 0 Å². The number of nitrogens with zero attached hydrogens (tertiary/aromatic N) is 1. The molecule has 1 heterocycles. The lowest BCUT2D eigenvalue weighted by molar-refractivity contribution is -0.136. The van der Waals surface area contributed by atoms with E-state index in [-0.39, 0.29) is 41.8 Å². The number of aromatic hydroxyl groups is 1. The highest BCUT2D eigenvalue weighted by Gasteiger charge is 2.31. The van der Waals surface area contributed by atoms with E-state index in [4.69, 9.17) is 17.3 Å². The van der Waals surface area contributed by atoms with Gasteiger partial charge in [-0.1, -0.05) is 31.9 Å². The summed E-state index contributed by atoms with van der Waals surface area (Å²) in [4.78, 5) is 26.6. The molecular weight excluding hydrogens is 377 g/mol. The molecule has 0 saturated carbocycles. The fourth-order valence-electron chi connectivity index (χ4n) is 2.91. The molecule has 1 fully saturated rings. The van der Waals surface area contributed by atoms with Crippen molar-refractivity contribution in [3.8, 4) is 5.75 Å². The van der Waals surface area contributed by atoms with Crippen LogP contribution < -0.4 is 11.1 Å². The number of hydrogen-bond acceptors (Lipinski definition) is 4. The predicted molar refractivity (Wildman–Crippen MR) is 106 cm³/mol. The molecule has 1 aliphatic heterocycles. The highest BCUT2D eigenvalue weighted by molar-refractivity contribution is 6.31. The minimum atomic E-state index is -0.487. The van der Waals surface area contributed by atoms with Crippen molar-refractivity contribution in [2.45, 2.75) is 39.2 Å². The number of nitrogens with one attached hydrogen (secondary N) is 1. The Hall–Kier alpha value is -1.50. The topological polar surface area (TPSA) is 95.7 Å². The van der Waals surface area contributed by atoms with E-state index >= 15 is 0 Å². The lowest BCUT2D eigenvalue weighted by atomic mass is 9.93. The third-order valence-electron chi connectivity index (χ3n) is 4.94. The SMILES string of the molecule is CCC(C)C(N)C(=O)N1CCC(C(=O)Nc2cc(Cl)ccc2O)CC1.Cl. The van der Waals surface area contributed by atoms with Gasteiger partial charge in [-0.15, -0.1) is 12.4 Å². The number of phenols is 1. The number of benzene rings is 1. The second-order valence-electron chi connectivity index (χ2n) is 6.66. The van der Waals surface area contributed by atoms with Crippen LogP contribution in [0.1, 0.15) is 33.1 Å². The first-order chi connectivity index (χ1) is 11.8. The summed E-state index contributed by atoms with van der Waals surface area (Å²) in [6, 6.07) is 4.02. The van der Waals surface area contributed by atoms with Gasteiger partial charge in [0.25, 0.3) is 0 Å². The second-order valence-corrected chi connectivity index (χ2v) is 7.10. The maximum atomic E-state index is 12.4. The van der Waals surface area contributed by atoms with E-state index in [1.807, 2.05) is 13.8 Å². The van der Waals surface area contributed by atoms with Crippen LogP contribution in [0.25, 0.3) is 0 Å². The average Bonchev–Trinajstić information content (AvgIpc) is 2.62. The molecule has 2 rings (SSSR count). The van der Waals surface area contributed by atoms with Crippen molar-refractivity contribution in [3.05, 3.63) is 23.2 Å². The Morgan fingerprint density at radius 1 is 1.38 bits per heavy atom. The molecule has 2 amide bonds. The van der Waals surface area contributed by atoms with Crippen LogP contribution in [0.3, 0.4) is 0 Å². The summed E-state index contributed by atoms with van der Waals surface area (Å²) in [5.74, 6) is -0.303. The zero-order valence-corrected chi connectivity index (χ0v) is 16.6. The van der Waals surface area contributed by atoms with Crippen LogP contribution in [0.15, 0.2) is 18.2 Å². The van der Waals surface area contributed by atoms with E-state index < -0.39 is 6.04 Å². The van der Waals surface area contributed by atoms with Crippen LogP contribution in [0.5, 0.6) is 5.75 Å². The summed E-state index contributed by atoms with van der Waals surface area (Å²) in [6.07, 6.45) is 2.01. The largest absolute Gasteiger partial charge is 0.506 e. The van der Waals surface area contributed by atoms with Gasteiger partial charge in [0.05, 0.1) is 11.7 Å². The standard InChI is InChI=1S/C18H26ClN3O3.ClH/c1-3-11(2)16(20)18(25)22-8-6-12(7-9-22)17(24)21-14-10-13(19)4-5-15(14)23;/h4-5,10-12,16,23H,3,6-9,20H2,1-2H3,(H,21,24);1H. The van der Waals surface area contributed by atoms with Crippen LogP contribution in [-0.4, -0.2) is 41.0 Å². The molecule has 2 unspecified atom stereocenters. The van der Waals surface area contributed by atoms with Crippen molar-refractivity contribution in [2.75, 3.05) is 18.4 Å². The maximum absolute atomic E-state index is 12.4. The van der Waals surface area contributed by atoms with Crippen LogP contribution in [-0.2, 0) is 9.59 Å². The number of likely N-dealkylation sites (tertiary alicyclic amines) is 1. The lowest BCUT2D eigenvalue weighted by Crippen LogP contribution is -2.50. The van der Waals surface area contributed by atoms with Crippen molar-refractivity contribution < 1.29 is 14.7 Å². The van der Waals surface area contributed by atoms with Gasteiger partial charge in [-0.3, -0.25) is 9.59 Å². The molecule has 6 nitrogen and oxygen atoms in total. The summed E-state index contributed by atoms with van der Waals surface area (Å²) in [5.41, 5.74) is 6.32. The summed E-state index contributed by atoms with van der Waals surface area (Å²) >= 11 is 5.89. The Kier molecular flexibility index (Phi) is 8.67. The highest BCUT2D eigenvalue weighted by atomic mass is 35.5. The maximum Gasteiger partial charge on any atom is 0.239 e. The number of nitrogens with two attached hydrogens (primary N) is 1. The van der Waals surface area contributed by atoms with Gasteiger partial charge in [0.2, 0.25) is 11.8 Å². The van der Waals surface area contributed by atoms with Gasteiger partial charge in [-0.25, -0.2) is 0 Å². The van der Waals surface area contributed by atoms with Crippen molar-refractivity contribution in [1.82, 2.24) is 4.90 Å². The molecule has 1 saturated heterocycles. The van der Waals surface area contributed by atoms with Gasteiger partial charge in [-0.05, 0) is 37.0 Å². The summed E-state index contributed by atoms with van der Waals surface area (Å²) in [5, 5.41) is 12.9. The molecule has 1 aliphatic rings. The second kappa shape index (κ2) is 10.00. The number of halogens is 2. The smallest absolute Gasteiger partial charge is 0.239 e. The van der Waals surface area contributed by atoms with Crippen molar-refractivity contribution in [2.24, 2.45) is 17.6 Å². The van der Waals surface area contributed by atoms with Crippen LogP contribution >= 0.6 is 24.0 Å². The van der Waals surface area contributed by atoms with E-state index in [1.165, 1.54) is 12.1 Å². The Labute approximate surface area is 165 Å². The number of amides is 2. The molecule has 1 aromatic rings. The average molecular weight is 404 g/mol. The quantitative estimate of drug-likeness (QED) is 0.658. The molecule has 0 bridgehead atoms. The molecular formula is C18H27Cl2N3O3. The third kappa shape index (κ3) is 5.50. The molecule has 0 radical (unpaired) electrons. The Morgan fingerprint density at radius 2 is 2.00 bits per heavy atom. The van der Waals surface area contributed by atoms with E-state index in [2.05, 4.69) is 5.32 Å². The molecule has 0 aliphatic carbocycles. The van der Waals surface area contributed by atoms with E-state index in [0.717, 1.165) is 6.42 Å². The number of carbonyl (C=O) groups is 2. The first kappa shape index (κ1) is 22.5. The molecule has 2 atom stereocenters. The first-order valence-corrected chi connectivity index (χ1v) is 9.05. The lowest BCUT2D eigenvalue weighted by Gasteiger charge is -2.34. The monoisotopic (exact) mass is 403 g/mol. The predicted octanol–water partition coefficient (Wildman–Crippen LogP) is 3.02. The normalized spacial score (nSPS) is 17.2. The molecule has 4 N–H and O–H groups in total. The molecule has 8 heteroatoms. The van der Waals surface area contributed by atoms with Crippen molar-refractivity contribution in [1.29, 1.82) is 0 Å². The fourth-order valence-corrected chi connectivity index (χ4v) is 3.09. The van der Waals surface area contributed by atoms with E-state index in [9.17, 15) is 14.7 Å². The summed E-state index contributed by atoms with van der Waals surface area (Å²) in [7, 11) is 0. The molecule has 26 heavy (non-hydrogen) atoms. The van der Waals surface area contributed by atoms with E-state index in [0.29, 0.717) is 36.6 Å². The van der Waals surface area contributed by atoms with Gasteiger partial charge in [0.15, 0.2) is 0 Å². The molecule has 0 aromatic heterocycles. The van der Waals surface area contributed by atoms with Gasteiger partial charge < -0.3 is 21.1 Å². The highest BCUT2D eigenvalue weighted by Crippen LogP contribution is 2.28. The van der Waals surface area contributed by atoms with Gasteiger partial charge in [-0.2, -0.15) is 0 Å². The Bertz CT molecular complexity index is 634. The number of piperidine rings is 1. The van der Waals surface area contributed by atoms with Crippen LogP contribution in [0.2, 0.25) is 5.02 Å². The van der Waals surface area contributed by atoms with Gasteiger partial charge in [0.1, 0.15) is 5.75 Å². The summed E-state index contributed by atoms with van der Waals surface area (Å²) in [6.45, 7) is 5.02. The van der Waals surface area contributed by atoms with Gasteiger partial charge >= 0.3 is 0 Å². The number of carbonyl (C=O) groups excluding carboxylic acids is 2. The van der Waals surface area contributed by atoms with E-state index in [1.54, 1.807) is 11.0 Å². The molecule has 0 spiro atoms. The summed E-state index contributed by atoms with van der Waals surface area (Å²) < 4.78 is 0. The Morgan fingerprint density at radius 3 is 2.58 bits per heavy atom. The fraction of sp³-hybridized carbons (Fsp3) is 0.556. The minimum absolute atomic E-state index is 0. The third-order valence-corrected chi connectivity index (χ3v) is 5.17. The minimum Gasteiger partial charge on any atom is -0.506 e. The zero-order chi connectivity index (χ0) is 18.6. The Balaban J connectivity index is 0.00000338. The number of hydrogen-bond donors (Lipinski definition) is 3. The number of phenolic OH excluding ortho intramolecular Hbond substituents is 1. The zero-order valence-electron chi connectivity index (χ0n) is 15.1. The first-order valence-electron chi connectivity index (χ1n) is 8.67.